The molecule has 0 fully saturated rings. The van der Waals surface area contributed by atoms with Gasteiger partial charge in [-0.25, -0.2) is 0 Å². The van der Waals surface area contributed by atoms with E-state index in [2.05, 4.69) is 0 Å². The summed E-state index contributed by atoms with van der Waals surface area (Å²) in [6.07, 6.45) is 0. The van der Waals surface area contributed by atoms with Crippen molar-refractivity contribution in [1.82, 2.24) is 6.15 Å². The van der Waals surface area contributed by atoms with Crippen LogP contribution in [0.1, 0.15) is 0 Å². The van der Waals surface area contributed by atoms with Crippen molar-refractivity contribution in [3.8, 4) is 0 Å². The first kappa shape index (κ1) is 161. The first-order valence-corrected chi connectivity index (χ1v) is 0. The van der Waals surface area contributed by atoms with E-state index in [1.54, 1.807) is 0 Å². The second-order valence-corrected chi connectivity index (χ2v) is 0. The van der Waals surface area contributed by atoms with Gasteiger partial charge in [-0.05, 0) is 0 Å². The second-order valence-electron chi connectivity index (χ2n) is 0. The summed E-state index contributed by atoms with van der Waals surface area (Å²) in [6, 6.07) is 0. The third-order valence-electron chi connectivity index (χ3n) is 0. The third-order valence-corrected chi connectivity index (χ3v) is 0. The van der Waals surface area contributed by atoms with Crippen LogP contribution < -0.4 is 6.15 Å². The van der Waals surface area contributed by atoms with Crippen molar-refractivity contribution in [2.75, 3.05) is 0 Å². The van der Waals surface area contributed by atoms with E-state index >= 15 is 0 Å². The standard InChI is InChI=1S/6ClH.H3N.Pt/h6*1H;1H3;. The van der Waals surface area contributed by atoms with Gasteiger partial charge >= 0.3 is 0 Å². The van der Waals surface area contributed by atoms with Crippen LogP contribution in [0.25, 0.3) is 0 Å². The van der Waals surface area contributed by atoms with Gasteiger partial charge in [0.1, 0.15) is 0 Å². The van der Waals surface area contributed by atoms with E-state index in [0.717, 1.165) is 0 Å². The second kappa shape index (κ2) is 116. The van der Waals surface area contributed by atoms with E-state index in [1.807, 2.05) is 0 Å². The summed E-state index contributed by atoms with van der Waals surface area (Å²) < 4.78 is 0. The Balaban J connectivity index is 0. The van der Waals surface area contributed by atoms with E-state index in [1.165, 1.54) is 0 Å². The average molecular weight is 431 g/mol. The van der Waals surface area contributed by atoms with Gasteiger partial charge in [0.2, 0.25) is 0 Å². The summed E-state index contributed by atoms with van der Waals surface area (Å²) >= 11 is 0. The summed E-state index contributed by atoms with van der Waals surface area (Å²) in [5.41, 5.74) is 0. The van der Waals surface area contributed by atoms with Gasteiger partial charge in [0.15, 0.2) is 0 Å². The molecule has 66 valence electrons. The van der Waals surface area contributed by atoms with Crippen molar-refractivity contribution in [1.29, 1.82) is 0 Å². The van der Waals surface area contributed by atoms with Gasteiger partial charge in [-0.3, -0.25) is 0 Å². The number of rotatable bonds is 0. The zero-order chi connectivity index (χ0) is 0. The van der Waals surface area contributed by atoms with Gasteiger partial charge in [-0.15, -0.1) is 74.4 Å². The Morgan fingerprint density at radius 2 is 0.375 bits per heavy atom. The van der Waals surface area contributed by atoms with E-state index in [4.69, 9.17) is 0 Å². The molecule has 8 heteroatoms. The van der Waals surface area contributed by atoms with Gasteiger partial charge in [-0.2, -0.15) is 0 Å². The molecular weight excluding hydrogens is 422 g/mol. The molecule has 0 aromatic rings. The van der Waals surface area contributed by atoms with Gasteiger partial charge in [0, 0.05) is 21.1 Å². The molecule has 8 heavy (non-hydrogen) atoms. The van der Waals surface area contributed by atoms with E-state index in [-0.39, 0.29) is 102 Å². The topological polar surface area (TPSA) is 35.0 Å². The van der Waals surface area contributed by atoms with Crippen molar-refractivity contribution >= 4 is 74.4 Å². The molecular formula is H9Cl6NPt. The number of halogens is 6. The molecule has 0 unspecified atom stereocenters. The molecule has 0 aliphatic rings. The van der Waals surface area contributed by atoms with Crippen LogP contribution in [0.15, 0.2) is 0 Å². The Hall–Kier alpha value is 2.39. The van der Waals surface area contributed by atoms with Crippen molar-refractivity contribution in [2.45, 2.75) is 0 Å². The van der Waals surface area contributed by atoms with Crippen LogP contribution >= 0.6 is 74.4 Å². The molecule has 0 spiro atoms. The molecule has 0 aliphatic carbocycles. The molecule has 3 N–H and O–H groups in total. The molecule has 0 saturated carbocycles. The SMILES string of the molecule is Cl.Cl.Cl.Cl.Cl.Cl.N.[Pt]. The Bertz CT molecular complexity index is 8.49. The summed E-state index contributed by atoms with van der Waals surface area (Å²) in [5.74, 6) is 0. The molecule has 0 amide bonds. The van der Waals surface area contributed by atoms with Crippen LogP contribution in [0.5, 0.6) is 0 Å². The summed E-state index contributed by atoms with van der Waals surface area (Å²) in [4.78, 5) is 0. The Morgan fingerprint density at radius 3 is 0.375 bits per heavy atom. The van der Waals surface area contributed by atoms with E-state index in [0.29, 0.717) is 0 Å². The first-order valence-electron chi connectivity index (χ1n) is 0. The summed E-state index contributed by atoms with van der Waals surface area (Å²) in [5, 5.41) is 0. The fourth-order valence-corrected chi connectivity index (χ4v) is 0. The fraction of sp³-hybridized carbons (Fsp3) is 0. The number of hydrogen-bond donors (Lipinski definition) is 1. The maximum absolute atomic E-state index is 0. The Kier molecular flexibility index (Phi) is 2320. The first-order chi connectivity index (χ1) is 0. The minimum absolute atomic E-state index is 0. The predicted molar refractivity (Wildman–Crippen MR) is 48.5 cm³/mol. The molecule has 0 heterocycles. The normalized spacial score (nSPS) is 0. The average Bonchev–Trinajstić information content (AvgIpc) is 0. The van der Waals surface area contributed by atoms with Crippen molar-refractivity contribution in [3.63, 3.8) is 0 Å². The molecule has 0 radical (unpaired) electrons. The van der Waals surface area contributed by atoms with Crippen LogP contribution in [0.4, 0.5) is 0 Å². The smallest absolute Gasteiger partial charge is 0 e. The van der Waals surface area contributed by atoms with Gasteiger partial charge in [0.05, 0.1) is 0 Å². The molecule has 0 rings (SSSR count). The molecule has 0 saturated heterocycles. The Morgan fingerprint density at radius 1 is 0.375 bits per heavy atom. The largest absolute Gasteiger partial charge is 0.344 e. The van der Waals surface area contributed by atoms with Crippen LogP contribution in [0.3, 0.4) is 0 Å². The quantitative estimate of drug-likeness (QED) is 0.630. The maximum Gasteiger partial charge on any atom is 0 e. The van der Waals surface area contributed by atoms with Gasteiger partial charge in [-0.1, -0.05) is 0 Å². The maximum atomic E-state index is 0. The Labute approximate surface area is 101 Å². The predicted octanol–water partition coefficient (Wildman–Crippen LogP) is 2.69. The van der Waals surface area contributed by atoms with Crippen LogP contribution in [-0.2, 0) is 21.1 Å². The third kappa shape index (κ3) is 80.3. The van der Waals surface area contributed by atoms with Crippen LogP contribution in [-0.4, -0.2) is 0 Å². The molecule has 0 aliphatic heterocycles. The minimum atomic E-state index is 0. The van der Waals surface area contributed by atoms with E-state index < -0.39 is 0 Å². The molecule has 0 aromatic carbocycles. The zero-order valence-corrected chi connectivity index (χ0v) is 10.6. The molecule has 1 nitrogen and oxygen atoms in total. The minimum Gasteiger partial charge on any atom is -0.344 e. The van der Waals surface area contributed by atoms with Gasteiger partial charge in [0.25, 0.3) is 0 Å². The summed E-state index contributed by atoms with van der Waals surface area (Å²) in [6.45, 7) is 0. The van der Waals surface area contributed by atoms with Crippen molar-refractivity contribution < 1.29 is 21.1 Å². The summed E-state index contributed by atoms with van der Waals surface area (Å²) in [7, 11) is 0. The molecule has 0 aromatic heterocycles. The van der Waals surface area contributed by atoms with E-state index in [9.17, 15) is 0 Å². The van der Waals surface area contributed by atoms with Crippen molar-refractivity contribution in [3.05, 3.63) is 0 Å². The van der Waals surface area contributed by atoms with Crippen molar-refractivity contribution in [2.24, 2.45) is 0 Å². The monoisotopic (exact) mass is 428 g/mol. The van der Waals surface area contributed by atoms with Gasteiger partial charge < -0.3 is 6.15 Å². The van der Waals surface area contributed by atoms with Crippen LogP contribution in [0.2, 0.25) is 0 Å². The molecule has 0 bridgehead atoms. The zero-order valence-electron chi connectivity index (χ0n) is 3.47. The van der Waals surface area contributed by atoms with Crippen LogP contribution in [0, 0.1) is 0 Å². The fourth-order valence-electron chi connectivity index (χ4n) is 0. The number of hydrogen-bond acceptors (Lipinski definition) is 1. The molecule has 0 atom stereocenters.